The fourth-order valence-electron chi connectivity index (χ4n) is 6.65. The molecule has 2 aliphatic carbocycles. The molecular weight excluding hydrogens is 466 g/mol. The minimum Gasteiger partial charge on any atom is -0.407 e. The molecule has 6 rings (SSSR count). The number of imidazole rings is 1. The Morgan fingerprint density at radius 1 is 1.00 bits per heavy atom. The third-order valence-electron chi connectivity index (χ3n) is 8.43. The third-order valence-corrected chi connectivity index (χ3v) is 13.4. The van der Waals surface area contributed by atoms with Crippen LogP contribution in [0.15, 0.2) is 73.3 Å². The van der Waals surface area contributed by atoms with Crippen LogP contribution in [-0.2, 0) is 9.96 Å². The summed E-state index contributed by atoms with van der Waals surface area (Å²) in [6, 6.07) is 21.3. The second-order valence-electron chi connectivity index (χ2n) is 11.4. The van der Waals surface area contributed by atoms with Gasteiger partial charge in [-0.3, -0.25) is 0 Å². The molecule has 2 saturated carbocycles. The van der Waals surface area contributed by atoms with E-state index in [1.54, 1.807) is 0 Å². The van der Waals surface area contributed by atoms with E-state index in [4.69, 9.17) is 10.2 Å². The highest BCUT2D eigenvalue weighted by Crippen LogP contribution is 2.64. The highest BCUT2D eigenvalue weighted by molar-refractivity contribution is 6.99. The summed E-state index contributed by atoms with van der Waals surface area (Å²) < 4.78 is 9.32. The van der Waals surface area contributed by atoms with E-state index in [0.29, 0.717) is 30.3 Å². The highest BCUT2D eigenvalue weighted by Gasteiger charge is 2.67. The molecule has 2 heterocycles. The zero-order valence-corrected chi connectivity index (χ0v) is 22.0. The summed E-state index contributed by atoms with van der Waals surface area (Å²) in [5, 5.41) is 13.7. The Labute approximate surface area is 212 Å². The van der Waals surface area contributed by atoms with E-state index < -0.39 is 14.4 Å². The summed E-state index contributed by atoms with van der Waals surface area (Å²) in [6.45, 7) is 7.37. The monoisotopic (exact) mass is 499 g/mol. The van der Waals surface area contributed by atoms with Gasteiger partial charge in [0.1, 0.15) is 11.8 Å². The Balaban J connectivity index is 1.34. The average Bonchev–Trinajstić information content (AvgIpc) is 3.25. The lowest BCUT2D eigenvalue weighted by molar-refractivity contribution is 0.0759. The number of anilines is 1. The van der Waals surface area contributed by atoms with E-state index in [2.05, 4.69) is 101 Å². The van der Waals surface area contributed by atoms with Crippen LogP contribution in [-0.4, -0.2) is 45.7 Å². The number of nitrogens with zero attached hydrogens (tertiary/aromatic N) is 4. The van der Waals surface area contributed by atoms with Gasteiger partial charge in [0, 0.05) is 12.5 Å². The first-order valence-electron chi connectivity index (χ1n) is 12.6. The number of hydrogen-bond acceptors (Lipinski definition) is 6. The number of nitrogen functional groups attached to an aromatic ring is 1. The Morgan fingerprint density at radius 2 is 1.64 bits per heavy atom. The van der Waals surface area contributed by atoms with Gasteiger partial charge in [-0.25, -0.2) is 15.0 Å². The smallest absolute Gasteiger partial charge is 0.261 e. The van der Waals surface area contributed by atoms with E-state index >= 15 is 0 Å². The van der Waals surface area contributed by atoms with Gasteiger partial charge in [-0.05, 0) is 34.2 Å². The predicted molar refractivity (Wildman–Crippen MR) is 144 cm³/mol. The van der Waals surface area contributed by atoms with E-state index in [1.165, 1.54) is 16.7 Å². The summed E-state index contributed by atoms with van der Waals surface area (Å²) in [6.07, 6.45) is 4.50. The normalized spacial score (nSPS) is 25.7. The largest absolute Gasteiger partial charge is 0.407 e. The molecule has 0 spiro atoms. The maximum Gasteiger partial charge on any atom is 0.261 e. The number of benzene rings is 2. The van der Waals surface area contributed by atoms with Crippen LogP contribution >= 0.6 is 0 Å². The first kappa shape index (κ1) is 23.3. The predicted octanol–water partition coefficient (Wildman–Crippen LogP) is 3.08. The summed E-state index contributed by atoms with van der Waals surface area (Å²) in [5.74, 6) is 0.736. The van der Waals surface area contributed by atoms with Crippen LogP contribution in [0.4, 0.5) is 5.82 Å². The lowest BCUT2D eigenvalue weighted by atomic mass is 10.0. The number of fused-ring (bicyclic) bond motifs is 2. The molecule has 0 unspecified atom stereocenters. The Bertz CT molecular complexity index is 1350. The van der Waals surface area contributed by atoms with Crippen molar-refractivity contribution in [3.05, 3.63) is 73.3 Å². The number of aliphatic hydroxyl groups excluding tert-OH is 1. The molecule has 3 N–H and O–H groups in total. The van der Waals surface area contributed by atoms with Crippen LogP contribution in [0.5, 0.6) is 0 Å². The molecule has 36 heavy (non-hydrogen) atoms. The fourth-order valence-corrected chi connectivity index (χ4v) is 11.3. The summed E-state index contributed by atoms with van der Waals surface area (Å²) in [4.78, 5) is 13.0. The van der Waals surface area contributed by atoms with Crippen molar-refractivity contribution in [2.45, 2.75) is 50.3 Å². The number of aliphatic hydroxyl groups is 1. The first-order valence-corrected chi connectivity index (χ1v) is 14.6. The van der Waals surface area contributed by atoms with Crippen molar-refractivity contribution >= 4 is 35.7 Å². The molecule has 0 saturated heterocycles. The number of rotatable bonds is 6. The van der Waals surface area contributed by atoms with E-state index in [9.17, 15) is 5.11 Å². The topological polar surface area (TPSA) is 99.1 Å². The number of nitrogens with two attached hydrogens (primary N) is 1. The molecule has 0 bridgehead atoms. The van der Waals surface area contributed by atoms with Gasteiger partial charge in [0.15, 0.2) is 11.5 Å². The molecule has 2 aromatic carbocycles. The SMILES string of the molecule is CC(C)(C)[Si](OC[C@@H]1[C@@H](O)C[C@@]2(n3cnc4c(N)ncnc43)C[C@@H]12)(c1ccccc1)c1ccccc1. The van der Waals surface area contributed by atoms with Gasteiger partial charge < -0.3 is 19.8 Å². The van der Waals surface area contributed by atoms with Crippen LogP contribution in [0, 0.1) is 11.8 Å². The van der Waals surface area contributed by atoms with Crippen LogP contribution in [0.3, 0.4) is 0 Å². The second kappa shape index (κ2) is 8.23. The molecule has 8 heteroatoms. The van der Waals surface area contributed by atoms with E-state index in [-0.39, 0.29) is 16.5 Å². The number of hydrogen-bond donors (Lipinski definition) is 2. The molecule has 2 aromatic heterocycles. The van der Waals surface area contributed by atoms with Gasteiger partial charge in [-0.2, -0.15) is 0 Å². The molecule has 0 aliphatic heterocycles. The summed E-state index contributed by atoms with van der Waals surface area (Å²) in [7, 11) is -2.67. The van der Waals surface area contributed by atoms with Crippen LogP contribution in [0.1, 0.15) is 33.6 Å². The van der Waals surface area contributed by atoms with Crippen molar-refractivity contribution in [3.63, 3.8) is 0 Å². The van der Waals surface area contributed by atoms with Crippen molar-refractivity contribution in [1.29, 1.82) is 0 Å². The Hall–Kier alpha value is -3.07. The molecule has 186 valence electrons. The summed E-state index contributed by atoms with van der Waals surface area (Å²) >= 11 is 0. The standard InChI is InChI=1S/C28H33N5O2Si/c1-27(2,3)36(19-10-6-4-7-11-19,20-12-8-5-9-13-20)35-16-21-22-14-28(22,15-23(21)34)33-18-32-24-25(29)30-17-31-26(24)33/h4-13,17-18,21-23,34H,14-16H2,1-3H3,(H2,29,30,31)/t21-,22-,23-,28-/m0/s1. The van der Waals surface area contributed by atoms with Crippen LogP contribution < -0.4 is 16.1 Å². The van der Waals surface area contributed by atoms with E-state index in [1.807, 2.05) is 6.33 Å². The zero-order valence-electron chi connectivity index (χ0n) is 21.0. The third kappa shape index (κ3) is 3.35. The minimum absolute atomic E-state index is 0.0447. The van der Waals surface area contributed by atoms with Gasteiger partial charge in [-0.15, -0.1) is 0 Å². The van der Waals surface area contributed by atoms with Gasteiger partial charge in [0.2, 0.25) is 0 Å². The molecular formula is C28H33N5O2Si. The van der Waals surface area contributed by atoms with Crippen molar-refractivity contribution < 1.29 is 9.53 Å². The molecule has 0 amide bonds. The molecule has 2 fully saturated rings. The Kier molecular flexibility index (Phi) is 5.33. The zero-order chi connectivity index (χ0) is 25.1. The second-order valence-corrected chi connectivity index (χ2v) is 15.7. The van der Waals surface area contributed by atoms with E-state index in [0.717, 1.165) is 12.1 Å². The maximum absolute atomic E-state index is 11.3. The van der Waals surface area contributed by atoms with Gasteiger partial charge in [-0.1, -0.05) is 81.4 Å². The molecule has 0 radical (unpaired) electrons. The molecule has 4 atom stereocenters. The lowest BCUT2D eigenvalue weighted by Gasteiger charge is -2.43. The lowest BCUT2D eigenvalue weighted by Crippen LogP contribution is -2.67. The Morgan fingerprint density at radius 3 is 2.25 bits per heavy atom. The van der Waals surface area contributed by atoms with Gasteiger partial charge >= 0.3 is 0 Å². The maximum atomic E-state index is 11.3. The highest BCUT2D eigenvalue weighted by atomic mass is 28.4. The number of aromatic nitrogens is 4. The molecule has 4 aromatic rings. The van der Waals surface area contributed by atoms with Crippen molar-refractivity contribution in [2.75, 3.05) is 12.3 Å². The molecule has 7 nitrogen and oxygen atoms in total. The van der Waals surface area contributed by atoms with Crippen molar-refractivity contribution in [3.8, 4) is 0 Å². The fraction of sp³-hybridized carbons (Fsp3) is 0.393. The minimum atomic E-state index is -2.67. The quantitative estimate of drug-likeness (QED) is 0.396. The van der Waals surface area contributed by atoms with Crippen LogP contribution in [0.2, 0.25) is 5.04 Å². The van der Waals surface area contributed by atoms with Crippen LogP contribution in [0.25, 0.3) is 11.2 Å². The average molecular weight is 500 g/mol. The molecule has 2 aliphatic rings. The van der Waals surface area contributed by atoms with Gasteiger partial charge in [0.25, 0.3) is 8.32 Å². The van der Waals surface area contributed by atoms with Crippen molar-refractivity contribution in [2.24, 2.45) is 11.8 Å². The first-order chi connectivity index (χ1) is 17.3. The van der Waals surface area contributed by atoms with Crippen molar-refractivity contribution in [1.82, 2.24) is 19.5 Å². The van der Waals surface area contributed by atoms with Gasteiger partial charge in [0.05, 0.1) is 18.0 Å². The summed E-state index contributed by atoms with van der Waals surface area (Å²) in [5.41, 5.74) is 7.21.